The van der Waals surface area contributed by atoms with Gasteiger partial charge < -0.3 is 0 Å². The molecule has 0 bridgehead atoms. The zero-order valence-electron chi connectivity index (χ0n) is 13.1. The molecular weight excluding hydrogens is 331 g/mol. The number of rotatable bonds is 1. The predicted octanol–water partition coefficient (Wildman–Crippen LogP) is 5.88. The Kier molecular flexibility index (Phi) is 3.76. The van der Waals surface area contributed by atoms with Crippen LogP contribution in [0, 0.1) is 6.07 Å². The quantitative estimate of drug-likeness (QED) is 0.263. The predicted molar refractivity (Wildman–Crippen MR) is 96.5 cm³/mol. The maximum Gasteiger partial charge on any atom is 0 e. The minimum atomic E-state index is 0. The topological polar surface area (TPSA) is 0 Å². The second-order valence-corrected chi connectivity index (χ2v) is 6.14. The summed E-state index contributed by atoms with van der Waals surface area (Å²) >= 11 is 0. The van der Waals surface area contributed by atoms with Gasteiger partial charge in [-0.05, 0) is 17.2 Å². The molecule has 0 spiro atoms. The van der Waals surface area contributed by atoms with Crippen molar-refractivity contribution in [3.63, 3.8) is 0 Å². The fourth-order valence-corrected chi connectivity index (χ4v) is 3.67. The largest absolute Gasteiger partial charge is 0.179 e. The third kappa shape index (κ3) is 2.29. The molecule has 0 aromatic heterocycles. The first kappa shape index (κ1) is 15.2. The summed E-state index contributed by atoms with van der Waals surface area (Å²) in [6.07, 6.45) is 1.00. The molecule has 0 atom stereocenters. The smallest absolute Gasteiger partial charge is 0 e. The summed E-state index contributed by atoms with van der Waals surface area (Å²) in [5.74, 6) is 0. The van der Waals surface area contributed by atoms with Gasteiger partial charge in [0.1, 0.15) is 0 Å². The van der Waals surface area contributed by atoms with Crippen LogP contribution in [0.4, 0.5) is 0 Å². The maximum atomic E-state index is 3.53. The van der Waals surface area contributed by atoms with E-state index in [1.807, 2.05) is 0 Å². The van der Waals surface area contributed by atoms with E-state index in [0.717, 1.165) is 6.42 Å². The standard InChI is InChI=1S/C23H15.Mn/c1-3-9-20-16(6-1)8-5-11-21(20)19-13-12-18-14-17-7-2-4-10-22(17)23(18)15-19;/h1-11,13,15H,14H2;/q-1;. The Balaban J connectivity index is 0.00000146. The Hall–Kier alpha value is -2.34. The van der Waals surface area contributed by atoms with E-state index in [-0.39, 0.29) is 17.1 Å². The average Bonchev–Trinajstić information content (AvgIpc) is 2.99. The van der Waals surface area contributed by atoms with Gasteiger partial charge in [0.05, 0.1) is 0 Å². The Morgan fingerprint density at radius 2 is 1.46 bits per heavy atom. The molecule has 5 rings (SSSR count). The fraction of sp³-hybridized carbons (Fsp3) is 0.0435. The maximum absolute atomic E-state index is 3.53. The van der Waals surface area contributed by atoms with Gasteiger partial charge in [-0.3, -0.25) is 0 Å². The van der Waals surface area contributed by atoms with Crippen molar-refractivity contribution in [3.05, 3.63) is 96.1 Å². The molecule has 1 aliphatic rings. The van der Waals surface area contributed by atoms with Gasteiger partial charge in [-0.25, -0.2) is 0 Å². The molecule has 0 saturated carbocycles. The fourth-order valence-electron chi connectivity index (χ4n) is 3.67. The molecule has 0 nitrogen and oxygen atoms in total. The van der Waals surface area contributed by atoms with Gasteiger partial charge in [-0.2, -0.15) is 23.8 Å². The third-order valence-electron chi connectivity index (χ3n) is 4.80. The van der Waals surface area contributed by atoms with E-state index in [9.17, 15) is 0 Å². The van der Waals surface area contributed by atoms with E-state index in [1.54, 1.807) is 0 Å². The van der Waals surface area contributed by atoms with Crippen molar-refractivity contribution in [1.82, 2.24) is 0 Å². The van der Waals surface area contributed by atoms with Gasteiger partial charge >= 0.3 is 0 Å². The molecule has 0 fully saturated rings. The molecule has 24 heavy (non-hydrogen) atoms. The second kappa shape index (κ2) is 5.94. The van der Waals surface area contributed by atoms with Crippen molar-refractivity contribution >= 4 is 10.8 Å². The number of fused-ring (bicyclic) bond motifs is 4. The minimum absolute atomic E-state index is 0. The summed E-state index contributed by atoms with van der Waals surface area (Å²) in [6.45, 7) is 0. The molecule has 0 N–H and O–H groups in total. The first-order chi connectivity index (χ1) is 11.4. The number of hydrogen-bond donors (Lipinski definition) is 0. The summed E-state index contributed by atoms with van der Waals surface area (Å²) < 4.78 is 0. The SMILES string of the molecule is [Mn].[c-]1cc(-c2cccc3ccccc23)cc2c1Cc1ccccc1-2. The first-order valence-corrected chi connectivity index (χ1v) is 8.01. The van der Waals surface area contributed by atoms with Crippen LogP contribution in [0.15, 0.2) is 78.9 Å². The normalized spacial score (nSPS) is 11.7. The van der Waals surface area contributed by atoms with E-state index < -0.39 is 0 Å². The van der Waals surface area contributed by atoms with Crippen LogP contribution in [-0.4, -0.2) is 0 Å². The molecule has 1 radical (unpaired) electrons. The van der Waals surface area contributed by atoms with Crippen LogP contribution in [0.3, 0.4) is 0 Å². The van der Waals surface area contributed by atoms with Crippen molar-refractivity contribution in [3.8, 4) is 22.3 Å². The van der Waals surface area contributed by atoms with Gasteiger partial charge in [0.15, 0.2) is 0 Å². The van der Waals surface area contributed by atoms with Crippen LogP contribution < -0.4 is 0 Å². The molecule has 0 aliphatic heterocycles. The average molecular weight is 346 g/mol. The van der Waals surface area contributed by atoms with E-state index in [4.69, 9.17) is 0 Å². The molecule has 0 unspecified atom stereocenters. The summed E-state index contributed by atoms with van der Waals surface area (Å²) in [6, 6.07) is 31.8. The molecule has 1 aliphatic carbocycles. The molecule has 0 amide bonds. The zero-order valence-corrected chi connectivity index (χ0v) is 14.3. The Bertz CT molecular complexity index is 1040. The number of hydrogen-bond acceptors (Lipinski definition) is 0. The van der Waals surface area contributed by atoms with Crippen molar-refractivity contribution in [2.75, 3.05) is 0 Å². The van der Waals surface area contributed by atoms with Crippen molar-refractivity contribution in [1.29, 1.82) is 0 Å². The van der Waals surface area contributed by atoms with Gasteiger partial charge in [0.25, 0.3) is 0 Å². The Morgan fingerprint density at radius 3 is 2.42 bits per heavy atom. The Labute approximate surface area is 152 Å². The van der Waals surface area contributed by atoms with Crippen molar-refractivity contribution in [2.24, 2.45) is 0 Å². The molecule has 0 saturated heterocycles. The van der Waals surface area contributed by atoms with Crippen LogP contribution in [0.5, 0.6) is 0 Å². The minimum Gasteiger partial charge on any atom is -0.179 e. The third-order valence-corrected chi connectivity index (χ3v) is 4.80. The molecule has 115 valence electrons. The van der Waals surface area contributed by atoms with E-state index in [2.05, 4.69) is 84.9 Å². The van der Waals surface area contributed by atoms with E-state index >= 15 is 0 Å². The van der Waals surface area contributed by atoms with E-state index in [0.29, 0.717) is 0 Å². The van der Waals surface area contributed by atoms with Gasteiger partial charge in [0.2, 0.25) is 0 Å². The molecule has 4 aromatic rings. The summed E-state index contributed by atoms with van der Waals surface area (Å²) in [5.41, 5.74) is 7.96. The zero-order chi connectivity index (χ0) is 15.2. The second-order valence-electron chi connectivity index (χ2n) is 6.14. The molecule has 1 heteroatoms. The van der Waals surface area contributed by atoms with Crippen LogP contribution >= 0.6 is 0 Å². The number of benzene rings is 4. The van der Waals surface area contributed by atoms with Crippen LogP contribution in [-0.2, 0) is 23.5 Å². The Morgan fingerprint density at radius 1 is 0.708 bits per heavy atom. The van der Waals surface area contributed by atoms with Gasteiger partial charge in [-0.1, -0.05) is 83.4 Å². The van der Waals surface area contributed by atoms with Crippen LogP contribution in [0.2, 0.25) is 0 Å². The van der Waals surface area contributed by atoms with Gasteiger partial charge in [0, 0.05) is 17.1 Å². The molecule has 0 heterocycles. The summed E-state index contributed by atoms with van der Waals surface area (Å²) in [7, 11) is 0. The summed E-state index contributed by atoms with van der Waals surface area (Å²) in [4.78, 5) is 0. The van der Waals surface area contributed by atoms with Crippen molar-refractivity contribution < 1.29 is 17.1 Å². The molecule has 4 aromatic carbocycles. The van der Waals surface area contributed by atoms with Crippen LogP contribution in [0.1, 0.15) is 11.1 Å². The molecular formula is C23H15Mn-. The van der Waals surface area contributed by atoms with Crippen LogP contribution in [0.25, 0.3) is 33.0 Å². The monoisotopic (exact) mass is 346 g/mol. The van der Waals surface area contributed by atoms with Gasteiger partial charge in [-0.15, -0.1) is 11.1 Å². The van der Waals surface area contributed by atoms with Crippen molar-refractivity contribution in [2.45, 2.75) is 6.42 Å². The first-order valence-electron chi connectivity index (χ1n) is 8.01. The summed E-state index contributed by atoms with van der Waals surface area (Å²) in [5, 5.41) is 2.58. The van der Waals surface area contributed by atoms with E-state index in [1.165, 1.54) is 44.2 Å².